The number of aromatic nitrogens is 4. The topological polar surface area (TPSA) is 111 Å². The van der Waals surface area contributed by atoms with Gasteiger partial charge >= 0.3 is 0 Å². The van der Waals surface area contributed by atoms with Crippen LogP contribution in [-0.2, 0) is 18.4 Å². The van der Waals surface area contributed by atoms with E-state index in [1.165, 1.54) is 0 Å². The lowest BCUT2D eigenvalue weighted by atomic mass is 10.1. The minimum Gasteiger partial charge on any atom is -0.348 e. The third-order valence-corrected chi connectivity index (χ3v) is 9.72. The Hall–Kier alpha value is -3.43. The first-order valence-electron chi connectivity index (χ1n) is 15.3. The molecule has 2 bridgehead atoms. The van der Waals surface area contributed by atoms with Crippen LogP contribution >= 0.6 is 11.6 Å². The summed E-state index contributed by atoms with van der Waals surface area (Å²) in [6.07, 6.45) is 7.19. The first-order valence-corrected chi connectivity index (χ1v) is 15.7. The van der Waals surface area contributed by atoms with E-state index in [-0.39, 0.29) is 29.8 Å². The Morgan fingerprint density at radius 3 is 2.76 bits per heavy atom. The molecule has 1 aliphatic carbocycles. The van der Waals surface area contributed by atoms with Crippen molar-refractivity contribution in [2.45, 2.75) is 70.5 Å². The van der Waals surface area contributed by atoms with Crippen molar-refractivity contribution in [3.63, 3.8) is 0 Å². The van der Waals surface area contributed by atoms with Gasteiger partial charge in [0.2, 0.25) is 5.91 Å². The highest BCUT2D eigenvalue weighted by molar-refractivity contribution is 6.35. The maximum Gasteiger partial charge on any atom is 0.254 e. The molecule has 1 saturated heterocycles. The van der Waals surface area contributed by atoms with E-state index >= 15 is 0 Å². The van der Waals surface area contributed by atoms with E-state index in [0.29, 0.717) is 35.1 Å². The molecule has 2 fully saturated rings. The molecule has 1 aromatic carbocycles. The summed E-state index contributed by atoms with van der Waals surface area (Å²) in [4.78, 5) is 38.1. The number of rotatable bonds is 2. The second-order valence-electron chi connectivity index (χ2n) is 12.5. The summed E-state index contributed by atoms with van der Waals surface area (Å²) in [6.45, 7) is 4.09. The number of carbonyl (C=O) groups is 2. The first kappa shape index (κ1) is 27.4. The average molecular weight is 588 g/mol. The summed E-state index contributed by atoms with van der Waals surface area (Å²) in [5.41, 5.74) is 10.9. The summed E-state index contributed by atoms with van der Waals surface area (Å²) in [6, 6.07) is 9.68. The zero-order valence-electron chi connectivity index (χ0n) is 24.3. The molecule has 0 radical (unpaired) electrons. The van der Waals surface area contributed by atoms with Crippen molar-refractivity contribution in [3.8, 4) is 11.5 Å². The lowest BCUT2D eigenvalue weighted by Crippen LogP contribution is -2.45. The van der Waals surface area contributed by atoms with Crippen LogP contribution in [0.4, 0.5) is 0 Å². The van der Waals surface area contributed by atoms with Gasteiger partial charge in [0.15, 0.2) is 5.82 Å². The van der Waals surface area contributed by atoms with E-state index in [9.17, 15) is 9.59 Å². The summed E-state index contributed by atoms with van der Waals surface area (Å²) >= 11 is 6.82. The van der Waals surface area contributed by atoms with Crippen molar-refractivity contribution in [1.82, 2.24) is 29.3 Å². The average Bonchev–Trinajstić information content (AvgIpc) is 3.55. The number of nitrogens with two attached hydrogens (primary N) is 1. The van der Waals surface area contributed by atoms with Crippen LogP contribution in [0.25, 0.3) is 33.6 Å². The number of pyridine rings is 1. The van der Waals surface area contributed by atoms with E-state index in [1.54, 1.807) is 6.07 Å². The molecule has 0 spiro atoms. The van der Waals surface area contributed by atoms with Gasteiger partial charge in [0.05, 0.1) is 33.5 Å². The summed E-state index contributed by atoms with van der Waals surface area (Å²) in [5.74, 6) is 1.55. The van der Waals surface area contributed by atoms with Gasteiger partial charge in [-0.25, -0.2) is 9.97 Å². The number of imidazole rings is 1. The van der Waals surface area contributed by atoms with Gasteiger partial charge in [-0.3, -0.25) is 9.59 Å². The number of nitrogens with zero attached hydrogens (tertiary/aromatic N) is 5. The number of piperidine rings is 1. The zero-order valence-corrected chi connectivity index (χ0v) is 25.0. The number of hydrogen-bond acceptors (Lipinski definition) is 5. The number of nitrogens with one attached hydrogen (secondary N) is 1. The Labute approximate surface area is 250 Å². The summed E-state index contributed by atoms with van der Waals surface area (Å²) in [5, 5.41) is 4.72. The molecule has 5 heterocycles. The number of benzene rings is 1. The van der Waals surface area contributed by atoms with Crippen LogP contribution < -0.4 is 11.1 Å². The lowest BCUT2D eigenvalue weighted by Gasteiger charge is -2.30. The third-order valence-electron chi connectivity index (χ3n) is 9.43. The molecular formula is C32H38ClN7O2. The molecule has 7 rings (SSSR count). The van der Waals surface area contributed by atoms with Crippen LogP contribution in [-0.4, -0.2) is 54.9 Å². The number of fused-ring (bicyclic) bond motifs is 3. The molecule has 42 heavy (non-hydrogen) atoms. The SMILES string of the molecule is C[C@H]1NC(=O)C2C[C@H]2CCCCCn2c(-c3nc4cc(C(=O)N5CCC[C@@H](N)C5)cc(Cl)c4n3C)cc3ccc1nc32. The molecule has 4 aromatic rings. The molecule has 1 saturated carbocycles. The van der Waals surface area contributed by atoms with Crippen molar-refractivity contribution in [1.29, 1.82) is 0 Å². The quantitative estimate of drug-likeness (QED) is 0.335. The first-order chi connectivity index (χ1) is 20.3. The maximum absolute atomic E-state index is 13.4. The van der Waals surface area contributed by atoms with Gasteiger partial charge in [0.1, 0.15) is 5.65 Å². The van der Waals surface area contributed by atoms with E-state index in [2.05, 4.69) is 22.0 Å². The van der Waals surface area contributed by atoms with Crippen LogP contribution in [0.2, 0.25) is 5.02 Å². The second-order valence-corrected chi connectivity index (χ2v) is 12.9. The van der Waals surface area contributed by atoms with E-state index in [4.69, 9.17) is 27.3 Å². The minimum atomic E-state index is -0.169. The van der Waals surface area contributed by atoms with Crippen LogP contribution in [0.1, 0.15) is 74.0 Å². The normalized spacial score (nSPS) is 25.0. The Kier molecular flexibility index (Phi) is 6.97. The van der Waals surface area contributed by atoms with Crippen LogP contribution in [0.5, 0.6) is 0 Å². The largest absolute Gasteiger partial charge is 0.348 e. The fourth-order valence-electron chi connectivity index (χ4n) is 6.96. The number of amides is 2. The number of likely N-dealkylation sites (tertiary alicyclic amines) is 1. The Bertz CT molecular complexity index is 1710. The van der Waals surface area contributed by atoms with Gasteiger partial charge in [-0.15, -0.1) is 0 Å². The monoisotopic (exact) mass is 587 g/mol. The summed E-state index contributed by atoms with van der Waals surface area (Å²) in [7, 11) is 1.97. The van der Waals surface area contributed by atoms with E-state index < -0.39 is 0 Å². The van der Waals surface area contributed by atoms with Gasteiger partial charge in [-0.2, -0.15) is 0 Å². The molecule has 220 valence electrons. The highest BCUT2D eigenvalue weighted by atomic mass is 35.5. The Morgan fingerprint density at radius 1 is 1.07 bits per heavy atom. The number of carbonyl (C=O) groups excluding carboxylic acids is 2. The van der Waals surface area contributed by atoms with Crippen molar-refractivity contribution in [2.75, 3.05) is 13.1 Å². The van der Waals surface area contributed by atoms with Gasteiger partial charge in [0.25, 0.3) is 5.91 Å². The van der Waals surface area contributed by atoms with Gasteiger partial charge in [-0.1, -0.05) is 24.4 Å². The molecule has 10 heteroatoms. The van der Waals surface area contributed by atoms with E-state index in [0.717, 1.165) is 85.3 Å². The van der Waals surface area contributed by atoms with Crippen molar-refractivity contribution in [3.05, 3.63) is 46.6 Å². The molecule has 2 amide bonds. The fourth-order valence-corrected chi connectivity index (χ4v) is 7.30. The molecule has 3 aliphatic rings. The number of hydrogen-bond donors (Lipinski definition) is 2. The fraction of sp³-hybridized carbons (Fsp3) is 0.500. The maximum atomic E-state index is 13.4. The van der Waals surface area contributed by atoms with Gasteiger partial charge in [0, 0.05) is 49.6 Å². The molecular weight excluding hydrogens is 550 g/mol. The smallest absolute Gasteiger partial charge is 0.254 e. The van der Waals surface area contributed by atoms with E-state index in [1.807, 2.05) is 35.6 Å². The van der Waals surface area contributed by atoms with Crippen molar-refractivity contribution >= 4 is 45.5 Å². The molecule has 9 nitrogen and oxygen atoms in total. The van der Waals surface area contributed by atoms with Crippen molar-refractivity contribution in [2.24, 2.45) is 24.6 Å². The van der Waals surface area contributed by atoms with Gasteiger partial charge in [-0.05, 0) is 75.3 Å². The lowest BCUT2D eigenvalue weighted by molar-refractivity contribution is -0.123. The standard InChI is InChI=1S/C32H38ClN7O2/c1-18-25-10-9-20-16-27(40(29(20)36-25)12-5-3-4-7-19-13-23(19)31(41)35-18)30-37-26-15-21(14-24(33)28(26)38(30)2)32(42)39-11-6-8-22(34)17-39/h9-10,14-16,18-19,22-23H,3-8,11-13,17,34H2,1-2H3,(H,35,41)/t18-,19-,22-,23?/m1/s1. The highest BCUT2D eigenvalue weighted by Gasteiger charge is 2.42. The molecule has 1 unspecified atom stereocenters. The number of halogens is 1. The molecule has 4 atom stereocenters. The van der Waals surface area contributed by atoms with Crippen LogP contribution in [0.15, 0.2) is 30.3 Å². The molecule has 2 aliphatic heterocycles. The van der Waals surface area contributed by atoms with Crippen LogP contribution in [0, 0.1) is 11.8 Å². The second kappa shape index (κ2) is 10.7. The van der Waals surface area contributed by atoms with Crippen LogP contribution in [0.3, 0.4) is 0 Å². The zero-order chi connectivity index (χ0) is 29.1. The highest BCUT2D eigenvalue weighted by Crippen LogP contribution is 2.43. The Morgan fingerprint density at radius 2 is 1.93 bits per heavy atom. The Balaban J connectivity index is 1.29. The third kappa shape index (κ3) is 4.86. The van der Waals surface area contributed by atoms with Gasteiger partial charge < -0.3 is 25.1 Å². The molecule has 3 aromatic heterocycles. The predicted octanol–water partition coefficient (Wildman–Crippen LogP) is 5.19. The predicted molar refractivity (Wildman–Crippen MR) is 164 cm³/mol. The molecule has 3 N–H and O–H groups in total. The number of aryl methyl sites for hydroxylation is 2. The van der Waals surface area contributed by atoms with Crippen molar-refractivity contribution < 1.29 is 9.59 Å². The summed E-state index contributed by atoms with van der Waals surface area (Å²) < 4.78 is 4.28. The minimum absolute atomic E-state index is 0.00659.